The lowest BCUT2D eigenvalue weighted by molar-refractivity contribution is -0.137. The Balaban J connectivity index is 2.24. The molecule has 0 aromatic carbocycles. The molecular weight excluding hydrogens is 312 g/mol. The van der Waals surface area contributed by atoms with Crippen LogP contribution in [-0.4, -0.2) is 44.2 Å². The van der Waals surface area contributed by atoms with Gasteiger partial charge in [0.2, 0.25) is 0 Å². The highest BCUT2D eigenvalue weighted by Gasteiger charge is 2.41. The fourth-order valence-electron chi connectivity index (χ4n) is 4.66. The van der Waals surface area contributed by atoms with Gasteiger partial charge in [0.25, 0.3) is 0 Å². The first-order valence-corrected chi connectivity index (χ1v) is 11.3. The van der Waals surface area contributed by atoms with Gasteiger partial charge in [-0.25, -0.2) is 10.0 Å². The van der Waals surface area contributed by atoms with Gasteiger partial charge >= 0.3 is 11.9 Å². The van der Waals surface area contributed by atoms with Crippen LogP contribution in [0, 0.1) is 0 Å². The zero-order valence-corrected chi connectivity index (χ0v) is 15.0. The molecule has 2 fully saturated rings. The van der Waals surface area contributed by atoms with Crippen LogP contribution in [0.3, 0.4) is 0 Å². The molecule has 0 saturated heterocycles. The number of hydrogen-bond acceptors (Lipinski definition) is 2. The van der Waals surface area contributed by atoms with Crippen LogP contribution in [0.1, 0.15) is 77.0 Å². The lowest BCUT2D eigenvalue weighted by Gasteiger charge is -2.54. The summed E-state index contributed by atoms with van der Waals surface area (Å²) in [6, 6.07) is 0. The largest absolute Gasteiger partial charge is 0.481 e. The number of carboxylic acid groups (broad SMARTS) is 2. The Bertz CT molecular complexity index is 360. The zero-order chi connectivity index (χ0) is 16.7. The van der Waals surface area contributed by atoms with Crippen molar-refractivity contribution in [2.45, 2.75) is 87.5 Å². The molecule has 0 heterocycles. The van der Waals surface area contributed by atoms with Crippen LogP contribution >= 0.6 is 10.0 Å². The molecule has 0 unspecified atom stereocenters. The number of rotatable bonds is 8. The summed E-state index contributed by atoms with van der Waals surface area (Å²) < 4.78 is 0. The van der Waals surface area contributed by atoms with Crippen molar-refractivity contribution >= 4 is 22.0 Å². The van der Waals surface area contributed by atoms with Crippen LogP contribution in [-0.2, 0) is 9.59 Å². The first-order valence-electron chi connectivity index (χ1n) is 9.24. The van der Waals surface area contributed by atoms with E-state index in [1.165, 1.54) is 64.2 Å². The molecule has 0 spiro atoms. The molecule has 2 rings (SSSR count). The van der Waals surface area contributed by atoms with E-state index in [1.54, 1.807) is 0 Å². The molecule has 5 heteroatoms. The SMILES string of the molecule is O=C(O)CCS(CCC(=O)O)(C1CCCCC1)C1CCCCC1. The van der Waals surface area contributed by atoms with Crippen molar-refractivity contribution < 1.29 is 19.8 Å². The van der Waals surface area contributed by atoms with E-state index in [1.807, 2.05) is 0 Å². The quantitative estimate of drug-likeness (QED) is 0.684. The molecule has 0 radical (unpaired) electrons. The van der Waals surface area contributed by atoms with E-state index in [2.05, 4.69) is 0 Å². The Kier molecular flexibility index (Phi) is 7.25. The van der Waals surface area contributed by atoms with E-state index in [4.69, 9.17) is 0 Å². The van der Waals surface area contributed by atoms with E-state index in [0.717, 1.165) is 11.5 Å². The summed E-state index contributed by atoms with van der Waals surface area (Å²) >= 11 is 0. The van der Waals surface area contributed by atoms with E-state index in [9.17, 15) is 19.8 Å². The number of carboxylic acids is 2. The van der Waals surface area contributed by atoms with Crippen molar-refractivity contribution in [2.24, 2.45) is 0 Å². The third-order valence-electron chi connectivity index (χ3n) is 5.82. The molecule has 0 aromatic heterocycles. The fourth-order valence-corrected chi connectivity index (χ4v) is 10.4. The molecule has 0 aromatic rings. The molecule has 2 aliphatic carbocycles. The molecule has 0 atom stereocenters. The van der Waals surface area contributed by atoms with Crippen LogP contribution in [0.15, 0.2) is 0 Å². The average Bonchev–Trinajstić information content (AvgIpc) is 2.56. The van der Waals surface area contributed by atoms with Gasteiger partial charge in [0, 0.05) is 0 Å². The van der Waals surface area contributed by atoms with Crippen molar-refractivity contribution in [3.63, 3.8) is 0 Å². The molecule has 0 amide bonds. The smallest absolute Gasteiger partial charge is 0.304 e. The van der Waals surface area contributed by atoms with Crippen molar-refractivity contribution in [1.29, 1.82) is 0 Å². The second-order valence-corrected chi connectivity index (χ2v) is 11.4. The number of hydrogen-bond donors (Lipinski definition) is 2. The summed E-state index contributed by atoms with van der Waals surface area (Å²) in [6.07, 6.45) is 12.8. The third kappa shape index (κ3) is 5.13. The lowest BCUT2D eigenvalue weighted by atomic mass is 10.00. The van der Waals surface area contributed by atoms with Gasteiger partial charge in [-0.3, -0.25) is 9.59 Å². The minimum atomic E-state index is -1.15. The molecule has 134 valence electrons. The van der Waals surface area contributed by atoms with E-state index in [-0.39, 0.29) is 12.8 Å². The van der Waals surface area contributed by atoms with Gasteiger partial charge in [0.15, 0.2) is 0 Å². The molecule has 0 bridgehead atoms. The molecular formula is C18H32O4S. The Morgan fingerprint density at radius 1 is 0.696 bits per heavy atom. The van der Waals surface area contributed by atoms with Crippen LogP contribution in [0.25, 0.3) is 0 Å². The van der Waals surface area contributed by atoms with Crippen molar-refractivity contribution in [3.8, 4) is 0 Å². The van der Waals surface area contributed by atoms with Crippen molar-refractivity contribution in [3.05, 3.63) is 0 Å². The molecule has 23 heavy (non-hydrogen) atoms. The predicted molar refractivity (Wildman–Crippen MR) is 95.6 cm³/mol. The molecule has 4 nitrogen and oxygen atoms in total. The normalized spacial score (nSPS) is 21.9. The van der Waals surface area contributed by atoms with Gasteiger partial charge < -0.3 is 10.2 Å². The standard InChI is InChI=1S/C18H32O4S/c19-17(20)11-13-23(14-12-18(21)22,15-7-3-1-4-8-15)16-9-5-2-6-10-16/h15-16H,1-14H2,(H,19,20)(H,21,22). The van der Waals surface area contributed by atoms with Gasteiger partial charge in [-0.15, -0.1) is 0 Å². The second kappa shape index (κ2) is 8.95. The Labute approximate surface area is 141 Å². The van der Waals surface area contributed by atoms with Crippen molar-refractivity contribution in [1.82, 2.24) is 0 Å². The highest BCUT2D eigenvalue weighted by atomic mass is 32.3. The first-order chi connectivity index (χ1) is 11.0. The summed E-state index contributed by atoms with van der Waals surface area (Å²) in [5, 5.41) is 19.7. The summed E-state index contributed by atoms with van der Waals surface area (Å²) in [6.45, 7) is 0. The summed E-state index contributed by atoms with van der Waals surface area (Å²) in [5.41, 5.74) is 0. The summed E-state index contributed by atoms with van der Waals surface area (Å²) in [7, 11) is -1.15. The molecule has 0 aliphatic heterocycles. The molecule has 2 aliphatic rings. The van der Waals surface area contributed by atoms with Crippen LogP contribution in [0.5, 0.6) is 0 Å². The van der Waals surface area contributed by atoms with Gasteiger partial charge in [-0.1, -0.05) is 38.5 Å². The summed E-state index contributed by atoms with van der Waals surface area (Å²) in [5.74, 6) is 0.0724. The highest BCUT2D eigenvalue weighted by molar-refractivity contribution is 8.34. The minimum Gasteiger partial charge on any atom is -0.481 e. The lowest BCUT2D eigenvalue weighted by Crippen LogP contribution is -2.37. The van der Waals surface area contributed by atoms with Gasteiger partial charge in [-0.2, -0.15) is 0 Å². The highest BCUT2D eigenvalue weighted by Crippen LogP contribution is 2.64. The van der Waals surface area contributed by atoms with E-state index in [0.29, 0.717) is 10.5 Å². The Hall–Kier alpha value is -0.710. The summed E-state index contributed by atoms with van der Waals surface area (Å²) in [4.78, 5) is 22.5. The maximum atomic E-state index is 11.2. The first kappa shape index (κ1) is 18.6. The fraction of sp³-hybridized carbons (Fsp3) is 0.889. The predicted octanol–water partition coefficient (Wildman–Crippen LogP) is 4.41. The van der Waals surface area contributed by atoms with Crippen LogP contribution < -0.4 is 0 Å². The van der Waals surface area contributed by atoms with Gasteiger partial charge in [-0.05, 0) is 47.7 Å². The average molecular weight is 345 g/mol. The molecule has 2 saturated carbocycles. The van der Waals surface area contributed by atoms with Gasteiger partial charge in [0.1, 0.15) is 0 Å². The second-order valence-electron chi connectivity index (χ2n) is 7.22. The van der Waals surface area contributed by atoms with Crippen LogP contribution in [0.4, 0.5) is 0 Å². The Morgan fingerprint density at radius 3 is 1.35 bits per heavy atom. The van der Waals surface area contributed by atoms with Crippen molar-refractivity contribution in [2.75, 3.05) is 11.5 Å². The maximum Gasteiger partial charge on any atom is 0.304 e. The minimum absolute atomic E-state index is 0.224. The number of aliphatic carboxylic acids is 2. The van der Waals surface area contributed by atoms with Gasteiger partial charge in [0.05, 0.1) is 12.8 Å². The number of carbonyl (C=O) groups is 2. The zero-order valence-electron chi connectivity index (χ0n) is 14.2. The molecule has 2 N–H and O–H groups in total. The van der Waals surface area contributed by atoms with E-state index >= 15 is 0 Å². The monoisotopic (exact) mass is 344 g/mol. The van der Waals surface area contributed by atoms with E-state index < -0.39 is 22.0 Å². The topological polar surface area (TPSA) is 74.6 Å². The maximum absolute atomic E-state index is 11.2. The Morgan fingerprint density at radius 2 is 1.04 bits per heavy atom. The van der Waals surface area contributed by atoms with Crippen LogP contribution in [0.2, 0.25) is 0 Å². The third-order valence-corrected chi connectivity index (χ3v) is 11.4.